The maximum atomic E-state index is 12.6. The monoisotopic (exact) mass is 347 g/mol. The van der Waals surface area contributed by atoms with E-state index in [9.17, 15) is 8.42 Å². The maximum absolute atomic E-state index is 12.6. The second kappa shape index (κ2) is 7.27. The van der Waals surface area contributed by atoms with Crippen LogP contribution in [0.5, 0.6) is 0 Å². The number of sulfone groups is 1. The molecule has 1 saturated heterocycles. The Balaban J connectivity index is 1.90. The molecule has 1 aliphatic heterocycles. The van der Waals surface area contributed by atoms with E-state index in [0.717, 1.165) is 18.9 Å². The summed E-state index contributed by atoms with van der Waals surface area (Å²) in [5.74, 6) is 1.32. The lowest BCUT2D eigenvalue weighted by Crippen LogP contribution is -2.37. The number of ether oxygens (including phenoxy) is 1. The molecular weight excluding hydrogens is 326 g/mol. The van der Waals surface area contributed by atoms with Gasteiger partial charge in [0, 0.05) is 25.6 Å². The highest BCUT2D eigenvalue weighted by molar-refractivity contribution is 7.90. The van der Waals surface area contributed by atoms with Gasteiger partial charge in [0.2, 0.25) is 0 Å². The maximum Gasteiger partial charge on any atom is 0.184 e. The summed E-state index contributed by atoms with van der Waals surface area (Å²) in [5.41, 5.74) is 0.534. The quantitative estimate of drug-likeness (QED) is 0.822. The third-order valence-corrected chi connectivity index (χ3v) is 5.57. The molecule has 0 unspecified atom stereocenters. The van der Waals surface area contributed by atoms with Crippen molar-refractivity contribution in [2.24, 2.45) is 0 Å². The minimum atomic E-state index is -3.42. The minimum Gasteiger partial charge on any atom is -0.378 e. The van der Waals surface area contributed by atoms with Crippen molar-refractivity contribution in [3.8, 4) is 0 Å². The zero-order valence-corrected chi connectivity index (χ0v) is 14.5. The van der Waals surface area contributed by atoms with Crippen LogP contribution in [0.15, 0.2) is 41.3 Å². The SMILES string of the molecule is CCc1nc(CS(=O)(=O)c2ccccc2)cc(N2CCOCC2)n1. The molecule has 24 heavy (non-hydrogen) atoms. The molecule has 6 nitrogen and oxygen atoms in total. The standard InChI is InChI=1S/C17H21N3O3S/c1-2-16-18-14(12-17(19-16)20-8-10-23-11-9-20)13-24(21,22)15-6-4-3-5-7-15/h3-7,12H,2,8-11,13H2,1H3. The lowest BCUT2D eigenvalue weighted by molar-refractivity contribution is 0.122. The van der Waals surface area contributed by atoms with Crippen molar-refractivity contribution >= 4 is 15.7 Å². The molecule has 0 radical (unpaired) electrons. The number of aryl methyl sites for hydroxylation is 1. The largest absolute Gasteiger partial charge is 0.378 e. The minimum absolute atomic E-state index is 0.121. The number of benzene rings is 1. The smallest absolute Gasteiger partial charge is 0.184 e. The molecule has 1 fully saturated rings. The Morgan fingerprint density at radius 3 is 2.50 bits per heavy atom. The first-order valence-corrected chi connectivity index (χ1v) is 9.71. The summed E-state index contributed by atoms with van der Waals surface area (Å²) >= 11 is 0. The molecule has 1 aromatic heterocycles. The van der Waals surface area contributed by atoms with Crippen molar-refractivity contribution in [2.75, 3.05) is 31.2 Å². The normalized spacial score (nSPS) is 15.5. The second-order valence-electron chi connectivity index (χ2n) is 5.66. The van der Waals surface area contributed by atoms with Crippen molar-refractivity contribution in [1.29, 1.82) is 0 Å². The Labute approximate surface area is 142 Å². The van der Waals surface area contributed by atoms with Gasteiger partial charge in [-0.15, -0.1) is 0 Å². The first-order chi connectivity index (χ1) is 11.6. The first kappa shape index (κ1) is 16.9. The highest BCUT2D eigenvalue weighted by Crippen LogP contribution is 2.19. The third-order valence-electron chi connectivity index (χ3n) is 3.90. The molecule has 7 heteroatoms. The Kier molecular flexibility index (Phi) is 5.11. The van der Waals surface area contributed by atoms with Crippen LogP contribution in [0.4, 0.5) is 5.82 Å². The predicted octanol–water partition coefficient (Wildman–Crippen LogP) is 1.85. The summed E-state index contributed by atoms with van der Waals surface area (Å²) in [6, 6.07) is 10.3. The molecule has 0 N–H and O–H groups in total. The lowest BCUT2D eigenvalue weighted by Gasteiger charge is -2.28. The fourth-order valence-corrected chi connectivity index (χ4v) is 3.90. The molecule has 1 aliphatic rings. The molecule has 2 aromatic rings. The summed E-state index contributed by atoms with van der Waals surface area (Å²) in [6.07, 6.45) is 0.663. The summed E-state index contributed by atoms with van der Waals surface area (Å²) in [4.78, 5) is 11.4. The average molecular weight is 347 g/mol. The molecule has 0 aliphatic carbocycles. The number of aromatic nitrogens is 2. The van der Waals surface area contributed by atoms with Crippen molar-refractivity contribution in [3.63, 3.8) is 0 Å². The van der Waals surface area contributed by atoms with Crippen LogP contribution in [0.3, 0.4) is 0 Å². The fourth-order valence-electron chi connectivity index (χ4n) is 2.63. The summed E-state index contributed by atoms with van der Waals surface area (Å²) in [5, 5.41) is 0. The summed E-state index contributed by atoms with van der Waals surface area (Å²) < 4.78 is 30.6. The lowest BCUT2D eigenvalue weighted by atomic mass is 10.3. The summed E-state index contributed by atoms with van der Waals surface area (Å²) in [6.45, 7) is 4.79. The second-order valence-corrected chi connectivity index (χ2v) is 7.65. The van der Waals surface area contributed by atoms with Crippen LogP contribution in [-0.2, 0) is 26.7 Å². The van der Waals surface area contributed by atoms with Gasteiger partial charge in [-0.1, -0.05) is 25.1 Å². The van der Waals surface area contributed by atoms with Gasteiger partial charge in [-0.25, -0.2) is 18.4 Å². The van der Waals surface area contributed by atoms with E-state index in [2.05, 4.69) is 14.9 Å². The van der Waals surface area contributed by atoms with Crippen LogP contribution >= 0.6 is 0 Å². The number of hydrogen-bond acceptors (Lipinski definition) is 6. The van der Waals surface area contributed by atoms with Gasteiger partial charge in [0.05, 0.1) is 29.6 Å². The topological polar surface area (TPSA) is 72.4 Å². The predicted molar refractivity (Wildman–Crippen MR) is 91.8 cm³/mol. The van der Waals surface area contributed by atoms with Crippen molar-refractivity contribution in [3.05, 3.63) is 47.9 Å². The van der Waals surface area contributed by atoms with Crippen LogP contribution < -0.4 is 4.90 Å². The van der Waals surface area contributed by atoms with Crippen LogP contribution in [-0.4, -0.2) is 44.7 Å². The molecule has 2 heterocycles. The van der Waals surface area contributed by atoms with Crippen LogP contribution in [0, 0.1) is 0 Å². The first-order valence-electron chi connectivity index (χ1n) is 8.06. The molecule has 0 atom stereocenters. The van der Waals surface area contributed by atoms with Gasteiger partial charge in [0.15, 0.2) is 9.84 Å². The number of morpholine rings is 1. The van der Waals surface area contributed by atoms with Crippen LogP contribution in [0.2, 0.25) is 0 Å². The molecule has 0 bridgehead atoms. The zero-order valence-electron chi connectivity index (χ0n) is 13.7. The Morgan fingerprint density at radius 1 is 1.12 bits per heavy atom. The molecule has 0 amide bonds. The van der Waals surface area contributed by atoms with Crippen molar-refractivity contribution < 1.29 is 13.2 Å². The van der Waals surface area contributed by atoms with Gasteiger partial charge in [0.25, 0.3) is 0 Å². The van der Waals surface area contributed by atoms with Crippen LogP contribution in [0.25, 0.3) is 0 Å². The zero-order chi connectivity index (χ0) is 17.0. The van der Waals surface area contributed by atoms with E-state index in [1.54, 1.807) is 36.4 Å². The molecule has 1 aromatic carbocycles. The highest BCUT2D eigenvalue weighted by Gasteiger charge is 2.19. The van der Waals surface area contributed by atoms with Gasteiger partial charge < -0.3 is 9.64 Å². The van der Waals surface area contributed by atoms with Crippen LogP contribution in [0.1, 0.15) is 18.4 Å². The molecule has 3 rings (SSSR count). The Bertz CT molecular complexity index is 788. The third kappa shape index (κ3) is 3.91. The van der Waals surface area contributed by atoms with E-state index in [-0.39, 0.29) is 5.75 Å². The van der Waals surface area contributed by atoms with E-state index < -0.39 is 9.84 Å². The van der Waals surface area contributed by atoms with Crippen molar-refractivity contribution in [2.45, 2.75) is 24.0 Å². The number of hydrogen-bond donors (Lipinski definition) is 0. The fraction of sp³-hybridized carbons (Fsp3) is 0.412. The van der Waals surface area contributed by atoms with E-state index in [1.165, 1.54) is 0 Å². The average Bonchev–Trinajstić information content (AvgIpc) is 2.62. The van der Waals surface area contributed by atoms with Gasteiger partial charge in [0.1, 0.15) is 11.6 Å². The number of nitrogens with zero attached hydrogens (tertiary/aromatic N) is 3. The molecule has 128 valence electrons. The Morgan fingerprint density at radius 2 is 1.83 bits per heavy atom. The molecule has 0 saturated carbocycles. The van der Waals surface area contributed by atoms with Crippen molar-refractivity contribution in [1.82, 2.24) is 9.97 Å². The molecular formula is C17H21N3O3S. The van der Waals surface area contributed by atoms with E-state index in [0.29, 0.717) is 36.0 Å². The van der Waals surface area contributed by atoms with E-state index in [4.69, 9.17) is 4.74 Å². The van der Waals surface area contributed by atoms with E-state index >= 15 is 0 Å². The van der Waals surface area contributed by atoms with E-state index in [1.807, 2.05) is 6.92 Å². The molecule has 0 spiro atoms. The van der Waals surface area contributed by atoms with Gasteiger partial charge in [-0.05, 0) is 12.1 Å². The van der Waals surface area contributed by atoms with Gasteiger partial charge >= 0.3 is 0 Å². The highest BCUT2D eigenvalue weighted by atomic mass is 32.2. The number of anilines is 1. The summed E-state index contributed by atoms with van der Waals surface area (Å²) in [7, 11) is -3.42. The Hall–Kier alpha value is -1.99. The number of rotatable bonds is 5. The van der Waals surface area contributed by atoms with Gasteiger partial charge in [-0.3, -0.25) is 0 Å². The van der Waals surface area contributed by atoms with Gasteiger partial charge in [-0.2, -0.15) is 0 Å².